The number of para-hydroxylation sites is 1. The molecule has 0 saturated carbocycles. The van der Waals surface area contributed by atoms with Crippen molar-refractivity contribution in [2.75, 3.05) is 18.0 Å². The number of nitriles is 1. The van der Waals surface area contributed by atoms with Gasteiger partial charge in [0.05, 0.1) is 5.25 Å². The zero-order chi connectivity index (χ0) is 21.8. The average molecular weight is 496 g/mol. The maximum Gasteiger partial charge on any atom is 0.267 e. The number of rotatable bonds is 4. The summed E-state index contributed by atoms with van der Waals surface area (Å²) in [7, 11) is 0. The maximum atomic E-state index is 13.4. The number of carbonyl (C=O) groups is 2. The van der Waals surface area contributed by atoms with Crippen LogP contribution < -0.4 is 4.90 Å². The first-order valence-electron chi connectivity index (χ1n) is 10.3. The molecular formula is C24H22BrN3O2S. The Bertz CT molecular complexity index is 1040. The van der Waals surface area contributed by atoms with Gasteiger partial charge < -0.3 is 4.90 Å². The van der Waals surface area contributed by atoms with Crippen LogP contribution >= 0.6 is 27.7 Å². The Morgan fingerprint density at radius 1 is 1.06 bits per heavy atom. The lowest BCUT2D eigenvalue weighted by molar-refractivity contribution is -0.127. The highest BCUT2D eigenvalue weighted by Crippen LogP contribution is 2.42. The van der Waals surface area contributed by atoms with Gasteiger partial charge in [-0.25, -0.2) is 0 Å². The second-order valence-electron chi connectivity index (χ2n) is 7.59. The zero-order valence-electron chi connectivity index (χ0n) is 17.0. The van der Waals surface area contributed by atoms with Gasteiger partial charge in [0.1, 0.15) is 16.7 Å². The van der Waals surface area contributed by atoms with Crippen LogP contribution in [0, 0.1) is 11.3 Å². The van der Waals surface area contributed by atoms with Gasteiger partial charge in [-0.2, -0.15) is 5.26 Å². The quantitative estimate of drug-likeness (QED) is 0.447. The highest BCUT2D eigenvalue weighted by molar-refractivity contribution is 9.10. The van der Waals surface area contributed by atoms with Crippen molar-refractivity contribution in [2.24, 2.45) is 0 Å². The van der Waals surface area contributed by atoms with E-state index in [-0.39, 0.29) is 17.4 Å². The van der Waals surface area contributed by atoms with Crippen LogP contribution in [0.5, 0.6) is 0 Å². The first-order chi connectivity index (χ1) is 15.1. The van der Waals surface area contributed by atoms with E-state index in [2.05, 4.69) is 22.0 Å². The monoisotopic (exact) mass is 495 g/mol. The summed E-state index contributed by atoms with van der Waals surface area (Å²) in [6.45, 7) is 1.31. The van der Waals surface area contributed by atoms with Crippen LogP contribution in [0.15, 0.2) is 69.7 Å². The van der Waals surface area contributed by atoms with E-state index < -0.39 is 5.25 Å². The van der Waals surface area contributed by atoms with Gasteiger partial charge in [-0.05, 0) is 55.5 Å². The molecule has 0 bridgehead atoms. The minimum Gasteiger partial charge on any atom is -0.338 e. The highest BCUT2D eigenvalue weighted by atomic mass is 79.9. The van der Waals surface area contributed by atoms with E-state index in [4.69, 9.17) is 0 Å². The molecule has 2 heterocycles. The number of hydrogen-bond acceptors (Lipinski definition) is 4. The predicted molar refractivity (Wildman–Crippen MR) is 126 cm³/mol. The lowest BCUT2D eigenvalue weighted by atomic mass is 10.1. The molecule has 0 aliphatic carbocycles. The summed E-state index contributed by atoms with van der Waals surface area (Å²) in [5.41, 5.74) is 1.76. The van der Waals surface area contributed by atoms with Crippen LogP contribution in [0.2, 0.25) is 0 Å². The second kappa shape index (κ2) is 9.71. The molecule has 2 aromatic rings. The SMILES string of the molecule is N#C/C(C(=O)N1CCCCC1)=C1/S[C@H](Cc2ccc(Br)cc2)C(=O)N1c1ccccc1. The Labute approximate surface area is 194 Å². The molecule has 5 nitrogen and oxygen atoms in total. The van der Waals surface area contributed by atoms with E-state index in [1.54, 1.807) is 9.80 Å². The largest absolute Gasteiger partial charge is 0.338 e. The fraction of sp³-hybridized carbons (Fsp3) is 0.292. The molecule has 0 unspecified atom stereocenters. The number of likely N-dealkylation sites (tertiary alicyclic amines) is 1. The predicted octanol–water partition coefficient (Wildman–Crippen LogP) is 4.89. The highest BCUT2D eigenvalue weighted by Gasteiger charge is 2.41. The molecular weight excluding hydrogens is 474 g/mol. The summed E-state index contributed by atoms with van der Waals surface area (Å²) < 4.78 is 0.979. The van der Waals surface area contributed by atoms with Crippen LogP contribution in [0.3, 0.4) is 0 Å². The number of amides is 2. The number of halogens is 1. The summed E-state index contributed by atoms with van der Waals surface area (Å²) >= 11 is 4.76. The number of thioether (sulfide) groups is 1. The molecule has 0 radical (unpaired) electrons. The average Bonchev–Trinajstić information content (AvgIpc) is 3.12. The van der Waals surface area contributed by atoms with Crippen molar-refractivity contribution in [3.05, 3.63) is 75.2 Å². The van der Waals surface area contributed by atoms with E-state index >= 15 is 0 Å². The molecule has 2 aromatic carbocycles. The lowest BCUT2D eigenvalue weighted by Gasteiger charge is -2.27. The minimum atomic E-state index is -0.395. The van der Waals surface area contributed by atoms with Gasteiger partial charge in [0.15, 0.2) is 0 Å². The molecule has 0 N–H and O–H groups in total. The molecule has 7 heteroatoms. The van der Waals surface area contributed by atoms with E-state index in [9.17, 15) is 14.9 Å². The van der Waals surface area contributed by atoms with Crippen molar-refractivity contribution in [1.82, 2.24) is 4.90 Å². The third-order valence-corrected chi connectivity index (χ3v) is 7.28. The fourth-order valence-electron chi connectivity index (χ4n) is 3.88. The second-order valence-corrected chi connectivity index (χ2v) is 9.70. The third-order valence-electron chi connectivity index (χ3n) is 5.48. The smallest absolute Gasteiger partial charge is 0.267 e. The van der Waals surface area contributed by atoms with Gasteiger partial charge in [0.25, 0.3) is 5.91 Å². The lowest BCUT2D eigenvalue weighted by Crippen LogP contribution is -2.37. The zero-order valence-corrected chi connectivity index (χ0v) is 19.4. The van der Waals surface area contributed by atoms with E-state index in [1.807, 2.05) is 54.6 Å². The number of nitrogens with zero attached hydrogens (tertiary/aromatic N) is 3. The van der Waals surface area contributed by atoms with Crippen molar-refractivity contribution in [2.45, 2.75) is 30.9 Å². The Hall–Kier alpha value is -2.56. The number of hydrogen-bond donors (Lipinski definition) is 0. The Kier molecular flexibility index (Phi) is 6.79. The standard InChI is InChI=1S/C24H22BrN3O2S/c25-18-11-9-17(10-12-18)15-21-23(30)28(19-7-3-1-4-8-19)24(31-21)20(16-26)22(29)27-13-5-2-6-14-27/h1,3-4,7-12,21H,2,5-6,13-15H2/b24-20-/t21-/m1/s1. The van der Waals surface area contributed by atoms with Crippen LogP contribution in [-0.4, -0.2) is 35.1 Å². The Morgan fingerprint density at radius 3 is 2.39 bits per heavy atom. The topological polar surface area (TPSA) is 64.4 Å². The molecule has 31 heavy (non-hydrogen) atoms. The van der Waals surface area contributed by atoms with Crippen molar-refractivity contribution in [3.63, 3.8) is 0 Å². The van der Waals surface area contributed by atoms with Crippen molar-refractivity contribution < 1.29 is 9.59 Å². The van der Waals surface area contributed by atoms with Crippen molar-refractivity contribution >= 4 is 45.2 Å². The number of piperidine rings is 1. The van der Waals surface area contributed by atoms with E-state index in [0.717, 1.165) is 29.3 Å². The van der Waals surface area contributed by atoms with Crippen LogP contribution in [-0.2, 0) is 16.0 Å². The molecule has 2 amide bonds. The van der Waals surface area contributed by atoms with Crippen LogP contribution in [0.1, 0.15) is 24.8 Å². The normalized spacial score (nSPS) is 20.5. The van der Waals surface area contributed by atoms with Gasteiger partial charge in [-0.3, -0.25) is 14.5 Å². The van der Waals surface area contributed by atoms with Crippen LogP contribution in [0.25, 0.3) is 0 Å². The number of carbonyl (C=O) groups excluding carboxylic acids is 2. The van der Waals surface area contributed by atoms with Crippen molar-refractivity contribution in [3.8, 4) is 6.07 Å². The summed E-state index contributed by atoms with van der Waals surface area (Å²) in [6, 6.07) is 19.2. The molecule has 0 spiro atoms. The van der Waals surface area contributed by atoms with Gasteiger partial charge in [-0.15, -0.1) is 0 Å². The molecule has 2 aliphatic rings. The van der Waals surface area contributed by atoms with Gasteiger partial charge in [-0.1, -0.05) is 58.0 Å². The number of benzene rings is 2. The molecule has 2 fully saturated rings. The molecule has 2 saturated heterocycles. The molecule has 2 aliphatic heterocycles. The summed E-state index contributed by atoms with van der Waals surface area (Å²) in [4.78, 5) is 29.9. The fourth-order valence-corrected chi connectivity index (χ4v) is 5.45. The summed E-state index contributed by atoms with van der Waals surface area (Å²) in [5, 5.41) is 9.98. The van der Waals surface area contributed by atoms with E-state index in [1.165, 1.54) is 11.8 Å². The van der Waals surface area contributed by atoms with Gasteiger partial charge in [0, 0.05) is 23.2 Å². The molecule has 4 rings (SSSR count). The molecule has 0 aromatic heterocycles. The third kappa shape index (κ3) is 4.70. The summed E-state index contributed by atoms with van der Waals surface area (Å²) in [6.07, 6.45) is 3.52. The van der Waals surface area contributed by atoms with Gasteiger partial charge >= 0.3 is 0 Å². The first kappa shape index (κ1) is 21.7. The Morgan fingerprint density at radius 2 is 1.74 bits per heavy atom. The number of anilines is 1. The first-order valence-corrected chi connectivity index (χ1v) is 12.0. The molecule has 1 atom stereocenters. The van der Waals surface area contributed by atoms with Crippen LogP contribution in [0.4, 0.5) is 5.69 Å². The molecule has 158 valence electrons. The van der Waals surface area contributed by atoms with E-state index in [0.29, 0.717) is 30.2 Å². The summed E-state index contributed by atoms with van der Waals surface area (Å²) in [5.74, 6) is -0.379. The van der Waals surface area contributed by atoms with Gasteiger partial charge in [0.2, 0.25) is 5.91 Å². The maximum absolute atomic E-state index is 13.4. The Balaban J connectivity index is 1.71. The minimum absolute atomic E-state index is 0.0578. The van der Waals surface area contributed by atoms with Crippen molar-refractivity contribution in [1.29, 1.82) is 5.26 Å².